The lowest BCUT2D eigenvalue weighted by Gasteiger charge is -2.29. The van der Waals surface area contributed by atoms with Crippen molar-refractivity contribution in [3.63, 3.8) is 0 Å². The van der Waals surface area contributed by atoms with Crippen LogP contribution in [-0.4, -0.2) is 32.7 Å². The van der Waals surface area contributed by atoms with Crippen LogP contribution >= 0.6 is 23.4 Å². The molecule has 0 spiro atoms. The predicted molar refractivity (Wildman–Crippen MR) is 92.4 cm³/mol. The van der Waals surface area contributed by atoms with Crippen LogP contribution in [0.1, 0.15) is 10.4 Å². The molecule has 3 aromatic rings. The molecule has 5 nitrogen and oxygen atoms in total. The maximum absolute atomic E-state index is 12.9. The number of rotatable bonds is 1. The summed E-state index contributed by atoms with van der Waals surface area (Å²) in [4.78, 5) is 24.4. The summed E-state index contributed by atoms with van der Waals surface area (Å²) < 4.78 is 1.83. The van der Waals surface area contributed by atoms with Crippen molar-refractivity contribution in [3.8, 4) is 0 Å². The number of anilines is 1. The van der Waals surface area contributed by atoms with Crippen LogP contribution in [0, 0.1) is 0 Å². The van der Waals surface area contributed by atoms with Crippen LogP contribution in [0.4, 0.5) is 5.69 Å². The number of imidazole rings is 1. The van der Waals surface area contributed by atoms with Gasteiger partial charge in [-0.2, -0.15) is 0 Å². The van der Waals surface area contributed by atoms with Crippen LogP contribution in [0.3, 0.4) is 0 Å². The van der Waals surface area contributed by atoms with Gasteiger partial charge < -0.3 is 9.47 Å². The summed E-state index contributed by atoms with van der Waals surface area (Å²) in [5, 5.41) is 0.627. The number of amides is 1. The van der Waals surface area contributed by atoms with Gasteiger partial charge in [-0.1, -0.05) is 11.6 Å². The van der Waals surface area contributed by atoms with Gasteiger partial charge in [0.1, 0.15) is 5.52 Å². The molecule has 1 aliphatic heterocycles. The van der Waals surface area contributed by atoms with E-state index in [-0.39, 0.29) is 5.91 Å². The van der Waals surface area contributed by atoms with Gasteiger partial charge in [-0.15, -0.1) is 11.8 Å². The lowest BCUT2D eigenvalue weighted by Crippen LogP contribution is -2.35. The van der Waals surface area contributed by atoms with Crippen molar-refractivity contribution in [1.29, 1.82) is 0 Å². The molecule has 0 saturated heterocycles. The molecule has 0 unspecified atom stereocenters. The van der Waals surface area contributed by atoms with E-state index in [1.54, 1.807) is 35.3 Å². The van der Waals surface area contributed by atoms with Crippen LogP contribution in [0.5, 0.6) is 0 Å². The van der Waals surface area contributed by atoms with Gasteiger partial charge in [0.25, 0.3) is 5.91 Å². The number of benzene rings is 1. The molecule has 2 aromatic heterocycles. The number of aryl methyl sites for hydroxylation is 1. The molecule has 0 radical (unpaired) electrons. The number of carbonyl (C=O) groups is 1. The zero-order valence-electron chi connectivity index (χ0n) is 12.4. The normalized spacial score (nSPS) is 14.1. The van der Waals surface area contributed by atoms with Crippen LogP contribution in [0.15, 0.2) is 41.7 Å². The SMILES string of the molecule is Cn1cnc2cc(C(=O)N3CCSc4ccc(Cl)cc43)cnc21. The Morgan fingerprint density at radius 2 is 2.17 bits per heavy atom. The Bertz CT molecular complexity index is 924. The molecule has 23 heavy (non-hydrogen) atoms. The monoisotopic (exact) mass is 344 g/mol. The Labute approximate surface area is 142 Å². The molecule has 0 atom stereocenters. The van der Waals surface area contributed by atoms with E-state index in [4.69, 9.17) is 11.6 Å². The summed E-state index contributed by atoms with van der Waals surface area (Å²) >= 11 is 7.84. The Hall–Kier alpha value is -2.05. The average Bonchev–Trinajstić information content (AvgIpc) is 2.94. The number of fused-ring (bicyclic) bond motifs is 2. The van der Waals surface area contributed by atoms with E-state index >= 15 is 0 Å². The summed E-state index contributed by atoms with van der Waals surface area (Å²) in [5.74, 6) is 0.786. The van der Waals surface area contributed by atoms with Crippen molar-refractivity contribution in [2.24, 2.45) is 7.05 Å². The molecule has 3 heterocycles. The van der Waals surface area contributed by atoms with E-state index in [1.807, 2.05) is 29.8 Å². The smallest absolute Gasteiger partial charge is 0.259 e. The Morgan fingerprint density at radius 1 is 1.30 bits per heavy atom. The first-order valence-electron chi connectivity index (χ1n) is 7.15. The highest BCUT2D eigenvalue weighted by atomic mass is 35.5. The fraction of sp³-hybridized carbons (Fsp3) is 0.188. The highest BCUT2D eigenvalue weighted by molar-refractivity contribution is 7.99. The van der Waals surface area contributed by atoms with Gasteiger partial charge in [-0.05, 0) is 24.3 Å². The maximum Gasteiger partial charge on any atom is 0.259 e. The summed E-state index contributed by atoms with van der Waals surface area (Å²) in [6.07, 6.45) is 3.30. The zero-order chi connectivity index (χ0) is 16.0. The van der Waals surface area contributed by atoms with E-state index in [0.29, 0.717) is 17.1 Å². The molecule has 7 heteroatoms. The van der Waals surface area contributed by atoms with Crippen molar-refractivity contribution < 1.29 is 4.79 Å². The van der Waals surface area contributed by atoms with Crippen molar-refractivity contribution in [2.75, 3.05) is 17.2 Å². The number of thioether (sulfide) groups is 1. The fourth-order valence-electron chi connectivity index (χ4n) is 2.69. The number of halogens is 1. The fourth-order valence-corrected chi connectivity index (χ4v) is 3.83. The van der Waals surface area contributed by atoms with Crippen LogP contribution in [-0.2, 0) is 7.05 Å². The number of carbonyl (C=O) groups excluding carboxylic acids is 1. The minimum absolute atomic E-state index is 0.0751. The summed E-state index contributed by atoms with van der Waals surface area (Å²) in [6.45, 7) is 0.650. The quantitative estimate of drug-likeness (QED) is 0.679. The lowest BCUT2D eigenvalue weighted by atomic mass is 10.2. The van der Waals surface area contributed by atoms with Crippen molar-refractivity contribution in [1.82, 2.24) is 14.5 Å². The molecule has 0 aliphatic carbocycles. The summed E-state index contributed by atoms with van der Waals surface area (Å²) in [7, 11) is 1.88. The standard InChI is InChI=1S/C16H13ClN4OS/c1-20-9-19-12-6-10(8-18-15(12)20)16(22)21-4-5-23-14-3-2-11(17)7-13(14)21/h2-3,6-9H,4-5H2,1H3. The van der Waals surface area contributed by atoms with Gasteiger partial charge >= 0.3 is 0 Å². The highest BCUT2D eigenvalue weighted by Crippen LogP contribution is 2.37. The Balaban J connectivity index is 1.75. The first kappa shape index (κ1) is 14.5. The van der Waals surface area contributed by atoms with Gasteiger partial charge in [0.2, 0.25) is 0 Å². The molecule has 1 aliphatic rings. The number of aromatic nitrogens is 3. The van der Waals surface area contributed by atoms with E-state index < -0.39 is 0 Å². The summed E-state index contributed by atoms with van der Waals surface area (Å²) in [6, 6.07) is 7.44. The second-order valence-corrected chi connectivity index (χ2v) is 6.91. The number of nitrogens with zero attached hydrogens (tertiary/aromatic N) is 4. The first-order chi connectivity index (χ1) is 11.1. The molecule has 0 N–H and O–H groups in total. The molecular weight excluding hydrogens is 332 g/mol. The van der Waals surface area contributed by atoms with Gasteiger partial charge in [-0.3, -0.25) is 4.79 Å². The number of hydrogen-bond acceptors (Lipinski definition) is 4. The minimum atomic E-state index is -0.0751. The topological polar surface area (TPSA) is 51.0 Å². The second-order valence-electron chi connectivity index (χ2n) is 5.34. The molecule has 1 aromatic carbocycles. The van der Waals surface area contributed by atoms with Gasteiger partial charge in [0.05, 0.1) is 17.6 Å². The van der Waals surface area contributed by atoms with E-state index in [0.717, 1.165) is 27.5 Å². The highest BCUT2D eigenvalue weighted by Gasteiger charge is 2.25. The van der Waals surface area contributed by atoms with Crippen molar-refractivity contribution >= 4 is 46.1 Å². The van der Waals surface area contributed by atoms with Crippen molar-refractivity contribution in [2.45, 2.75) is 4.90 Å². The van der Waals surface area contributed by atoms with Crippen LogP contribution in [0.25, 0.3) is 11.2 Å². The average molecular weight is 345 g/mol. The van der Waals surface area contributed by atoms with Gasteiger partial charge in [-0.25, -0.2) is 9.97 Å². The van der Waals surface area contributed by atoms with Crippen LogP contribution in [0.2, 0.25) is 5.02 Å². The first-order valence-corrected chi connectivity index (χ1v) is 8.51. The molecule has 116 valence electrons. The molecule has 0 fully saturated rings. The van der Waals surface area contributed by atoms with Gasteiger partial charge in [0.15, 0.2) is 5.65 Å². The molecule has 0 saturated carbocycles. The number of pyridine rings is 1. The Kier molecular flexibility index (Phi) is 3.50. The zero-order valence-corrected chi connectivity index (χ0v) is 13.9. The molecular formula is C16H13ClN4OS. The van der Waals surface area contributed by atoms with E-state index in [2.05, 4.69) is 9.97 Å². The largest absolute Gasteiger partial charge is 0.318 e. The summed E-state index contributed by atoms with van der Waals surface area (Å²) in [5.41, 5.74) is 2.88. The maximum atomic E-state index is 12.9. The third-order valence-corrected chi connectivity index (χ3v) is 5.11. The van der Waals surface area contributed by atoms with E-state index in [9.17, 15) is 4.79 Å². The van der Waals surface area contributed by atoms with E-state index in [1.165, 1.54) is 0 Å². The van der Waals surface area contributed by atoms with Crippen molar-refractivity contribution in [3.05, 3.63) is 47.4 Å². The number of hydrogen-bond donors (Lipinski definition) is 0. The lowest BCUT2D eigenvalue weighted by molar-refractivity contribution is 0.0987. The molecule has 4 rings (SSSR count). The Morgan fingerprint density at radius 3 is 3.04 bits per heavy atom. The van der Waals surface area contributed by atoms with Crippen LogP contribution < -0.4 is 4.90 Å². The third kappa shape index (κ3) is 2.48. The molecule has 0 bridgehead atoms. The second kappa shape index (κ2) is 5.54. The molecule has 1 amide bonds. The third-order valence-electron chi connectivity index (χ3n) is 3.83. The minimum Gasteiger partial charge on any atom is -0.318 e. The van der Waals surface area contributed by atoms with Gasteiger partial charge in [0, 0.05) is 35.5 Å². The predicted octanol–water partition coefficient (Wildman–Crippen LogP) is 3.37.